The molecule has 0 saturated carbocycles. The molecule has 162 valence electrons. The number of nitrogens with zero attached hydrogens (tertiary/aromatic N) is 3. The Bertz CT molecular complexity index is 1250. The van der Waals surface area contributed by atoms with E-state index in [1.54, 1.807) is 23.6 Å². The molecule has 0 aliphatic carbocycles. The van der Waals surface area contributed by atoms with Crippen LogP contribution in [0.1, 0.15) is 5.56 Å². The molecule has 0 amide bonds. The van der Waals surface area contributed by atoms with Crippen LogP contribution in [0.4, 0.5) is 10.1 Å². The molecule has 0 atom stereocenters. The molecular formula is C24H20FN3O3S. The van der Waals surface area contributed by atoms with Crippen LogP contribution in [0.3, 0.4) is 0 Å². The van der Waals surface area contributed by atoms with E-state index in [9.17, 15) is 9.30 Å². The average molecular weight is 450 g/mol. The Labute approximate surface area is 188 Å². The minimum absolute atomic E-state index is 0.0187. The van der Waals surface area contributed by atoms with Crippen molar-refractivity contribution in [2.75, 3.05) is 26.3 Å². The van der Waals surface area contributed by atoms with Gasteiger partial charge in [-0.25, -0.2) is 4.39 Å². The summed E-state index contributed by atoms with van der Waals surface area (Å²) in [5, 5.41) is 2.74. The molecule has 0 unspecified atom stereocenters. The van der Waals surface area contributed by atoms with E-state index in [0.717, 1.165) is 59.6 Å². The van der Waals surface area contributed by atoms with Gasteiger partial charge in [-0.3, -0.25) is 9.88 Å². The van der Waals surface area contributed by atoms with Gasteiger partial charge in [0.2, 0.25) is 0 Å². The highest BCUT2D eigenvalue weighted by Crippen LogP contribution is 2.40. The SMILES string of the molecule is O=Nc1ccc(Oc2ccnc3cc(-c4ccc(CN5CCOCC5)cc4)sc23)c(F)c1. The zero-order valence-corrected chi connectivity index (χ0v) is 18.0. The fourth-order valence-corrected chi connectivity index (χ4v) is 4.75. The fourth-order valence-electron chi connectivity index (χ4n) is 3.68. The van der Waals surface area contributed by atoms with Gasteiger partial charge in [-0.05, 0) is 34.5 Å². The molecule has 0 radical (unpaired) electrons. The van der Waals surface area contributed by atoms with Crippen molar-refractivity contribution >= 4 is 27.2 Å². The second-order valence-corrected chi connectivity index (χ2v) is 8.58. The van der Waals surface area contributed by atoms with E-state index in [0.29, 0.717) is 5.75 Å². The first-order valence-corrected chi connectivity index (χ1v) is 11.1. The first kappa shape index (κ1) is 20.7. The van der Waals surface area contributed by atoms with Gasteiger partial charge in [0.1, 0.15) is 11.4 Å². The van der Waals surface area contributed by atoms with Crippen LogP contribution in [-0.2, 0) is 11.3 Å². The maximum atomic E-state index is 14.3. The summed E-state index contributed by atoms with van der Waals surface area (Å²) >= 11 is 1.55. The highest BCUT2D eigenvalue weighted by atomic mass is 32.1. The summed E-state index contributed by atoms with van der Waals surface area (Å²) in [7, 11) is 0. The number of nitroso groups, excluding NO2 is 1. The summed E-state index contributed by atoms with van der Waals surface area (Å²) in [5.41, 5.74) is 3.16. The number of pyridine rings is 1. The van der Waals surface area contributed by atoms with Crippen molar-refractivity contribution in [1.29, 1.82) is 0 Å². The van der Waals surface area contributed by atoms with Gasteiger partial charge in [0.15, 0.2) is 11.6 Å². The molecule has 1 aliphatic heterocycles. The van der Waals surface area contributed by atoms with Gasteiger partial charge in [-0.1, -0.05) is 24.3 Å². The zero-order valence-electron chi connectivity index (χ0n) is 17.2. The van der Waals surface area contributed by atoms with E-state index in [-0.39, 0.29) is 11.4 Å². The van der Waals surface area contributed by atoms with Crippen molar-refractivity contribution in [1.82, 2.24) is 9.88 Å². The van der Waals surface area contributed by atoms with Crippen LogP contribution in [0.25, 0.3) is 20.7 Å². The van der Waals surface area contributed by atoms with Crippen molar-refractivity contribution in [2.24, 2.45) is 5.18 Å². The van der Waals surface area contributed by atoms with Gasteiger partial charge >= 0.3 is 0 Å². The molecule has 0 N–H and O–H groups in total. The molecule has 0 spiro atoms. The van der Waals surface area contributed by atoms with E-state index < -0.39 is 5.82 Å². The molecule has 1 fully saturated rings. The zero-order chi connectivity index (χ0) is 21.9. The Morgan fingerprint density at radius 1 is 1.06 bits per heavy atom. The van der Waals surface area contributed by atoms with Crippen LogP contribution in [0.15, 0.2) is 66.0 Å². The van der Waals surface area contributed by atoms with Gasteiger partial charge in [0.05, 0.1) is 23.4 Å². The number of ether oxygens (including phenoxy) is 2. The molecule has 3 heterocycles. The van der Waals surface area contributed by atoms with Crippen molar-refractivity contribution in [3.05, 3.63) is 77.1 Å². The minimum atomic E-state index is -0.639. The predicted octanol–water partition coefficient (Wildman–Crippen LogP) is 6.12. The molecular weight excluding hydrogens is 429 g/mol. The third-order valence-electron chi connectivity index (χ3n) is 5.36. The first-order valence-electron chi connectivity index (χ1n) is 10.3. The second-order valence-electron chi connectivity index (χ2n) is 7.53. The topological polar surface area (TPSA) is 64.0 Å². The van der Waals surface area contributed by atoms with Crippen LogP contribution in [0.2, 0.25) is 0 Å². The monoisotopic (exact) mass is 449 g/mol. The van der Waals surface area contributed by atoms with E-state index in [2.05, 4.69) is 39.3 Å². The highest BCUT2D eigenvalue weighted by Gasteiger charge is 2.14. The summed E-state index contributed by atoms with van der Waals surface area (Å²) in [6, 6.07) is 16.1. The summed E-state index contributed by atoms with van der Waals surface area (Å²) in [4.78, 5) is 18.5. The standard InChI is InChI=1S/C24H20FN3O3S/c25-19-13-18(27-29)5-6-21(19)31-22-7-8-26-20-14-23(32-24(20)22)17-3-1-16(2-4-17)15-28-9-11-30-12-10-28/h1-8,13-14H,9-12,15H2. The van der Waals surface area contributed by atoms with Crippen LogP contribution < -0.4 is 4.74 Å². The summed E-state index contributed by atoms with van der Waals surface area (Å²) < 4.78 is 26.3. The maximum Gasteiger partial charge on any atom is 0.167 e. The molecule has 0 bridgehead atoms. The number of rotatable bonds is 6. The van der Waals surface area contributed by atoms with Gasteiger partial charge in [-0.15, -0.1) is 16.2 Å². The van der Waals surface area contributed by atoms with Crippen molar-refractivity contribution in [3.63, 3.8) is 0 Å². The van der Waals surface area contributed by atoms with Crippen LogP contribution >= 0.6 is 11.3 Å². The Balaban J connectivity index is 1.38. The van der Waals surface area contributed by atoms with Gasteiger partial charge in [0.25, 0.3) is 0 Å². The smallest absolute Gasteiger partial charge is 0.167 e. The lowest BCUT2D eigenvalue weighted by molar-refractivity contribution is 0.0342. The number of thiophene rings is 1. The number of benzene rings is 2. The summed E-state index contributed by atoms with van der Waals surface area (Å²) in [6.07, 6.45) is 1.64. The van der Waals surface area contributed by atoms with Crippen LogP contribution in [0.5, 0.6) is 11.5 Å². The summed E-state index contributed by atoms with van der Waals surface area (Å²) in [6.45, 7) is 4.42. The Morgan fingerprint density at radius 2 is 1.88 bits per heavy atom. The summed E-state index contributed by atoms with van der Waals surface area (Å²) in [5.74, 6) is -0.0899. The third-order valence-corrected chi connectivity index (χ3v) is 6.55. The highest BCUT2D eigenvalue weighted by molar-refractivity contribution is 7.22. The quantitative estimate of drug-likeness (QED) is 0.332. The Kier molecular flexibility index (Phi) is 5.89. The second kappa shape index (κ2) is 9.12. The largest absolute Gasteiger partial charge is 0.453 e. The van der Waals surface area contributed by atoms with Gasteiger partial charge in [-0.2, -0.15) is 0 Å². The van der Waals surface area contributed by atoms with Crippen molar-refractivity contribution in [3.8, 4) is 21.9 Å². The predicted molar refractivity (Wildman–Crippen MR) is 123 cm³/mol. The van der Waals surface area contributed by atoms with Crippen molar-refractivity contribution in [2.45, 2.75) is 6.54 Å². The third kappa shape index (κ3) is 4.38. The van der Waals surface area contributed by atoms with Gasteiger partial charge < -0.3 is 9.47 Å². The lowest BCUT2D eigenvalue weighted by Gasteiger charge is -2.26. The lowest BCUT2D eigenvalue weighted by atomic mass is 10.1. The molecule has 6 nitrogen and oxygen atoms in total. The van der Waals surface area contributed by atoms with Crippen LogP contribution in [-0.4, -0.2) is 36.2 Å². The van der Waals surface area contributed by atoms with E-state index >= 15 is 0 Å². The van der Waals surface area contributed by atoms with Crippen molar-refractivity contribution < 1.29 is 13.9 Å². The first-order chi connectivity index (χ1) is 15.7. The maximum absolute atomic E-state index is 14.3. The fraction of sp³-hybridized carbons (Fsp3) is 0.208. The number of morpholine rings is 1. The molecule has 2 aromatic heterocycles. The van der Waals surface area contributed by atoms with Gasteiger partial charge in [0, 0.05) is 42.8 Å². The molecule has 1 aliphatic rings. The average Bonchev–Trinajstić information content (AvgIpc) is 3.27. The number of fused-ring (bicyclic) bond motifs is 1. The number of halogens is 1. The number of hydrogen-bond acceptors (Lipinski definition) is 7. The molecule has 4 aromatic rings. The lowest BCUT2D eigenvalue weighted by Crippen LogP contribution is -2.35. The number of hydrogen-bond donors (Lipinski definition) is 0. The molecule has 8 heteroatoms. The van der Waals surface area contributed by atoms with E-state index in [1.165, 1.54) is 17.7 Å². The Hall–Kier alpha value is -3.20. The molecule has 5 rings (SSSR count). The van der Waals surface area contributed by atoms with Crippen LogP contribution in [0, 0.1) is 10.7 Å². The van der Waals surface area contributed by atoms with E-state index in [1.807, 2.05) is 6.07 Å². The molecule has 1 saturated heterocycles. The normalized spacial score (nSPS) is 14.5. The minimum Gasteiger partial charge on any atom is -0.453 e. The number of aromatic nitrogens is 1. The molecule has 2 aromatic carbocycles. The Morgan fingerprint density at radius 3 is 2.62 bits per heavy atom. The van der Waals surface area contributed by atoms with E-state index in [4.69, 9.17) is 9.47 Å². The molecule has 32 heavy (non-hydrogen) atoms.